The molecule has 0 N–H and O–H groups in total. The molecule has 2 aromatic heterocycles. The van der Waals surface area contributed by atoms with E-state index in [4.69, 9.17) is 0 Å². The van der Waals surface area contributed by atoms with Gasteiger partial charge in [0.2, 0.25) is 0 Å². The van der Waals surface area contributed by atoms with Gasteiger partial charge in [0.15, 0.2) is 6.29 Å². The minimum atomic E-state index is 0.0182. The highest BCUT2D eigenvalue weighted by molar-refractivity contribution is 7.25. The maximum Gasteiger partial charge on any atom is 0.160 e. The fourth-order valence-corrected chi connectivity index (χ4v) is 5.69. The van der Waals surface area contributed by atoms with Gasteiger partial charge in [0, 0.05) is 23.4 Å². The SMILES string of the molecule is CCN(CC)c1cc2c(s1)-c1sc(C=O)cc1C2(C)C. The van der Waals surface area contributed by atoms with E-state index in [1.807, 2.05) is 11.3 Å². The monoisotopic (exact) mass is 305 g/mol. The zero-order chi connectivity index (χ0) is 14.5. The number of hydrogen-bond donors (Lipinski definition) is 0. The number of carbonyl (C=O) groups is 1. The van der Waals surface area contributed by atoms with Crippen molar-refractivity contribution in [2.45, 2.75) is 33.1 Å². The summed E-state index contributed by atoms with van der Waals surface area (Å²) in [6, 6.07) is 4.41. The number of rotatable bonds is 4. The molecular formula is C16H19NOS2. The first-order valence-electron chi connectivity index (χ1n) is 7.02. The van der Waals surface area contributed by atoms with E-state index in [1.54, 1.807) is 11.3 Å². The predicted molar refractivity (Wildman–Crippen MR) is 88.7 cm³/mol. The lowest BCUT2D eigenvalue weighted by Gasteiger charge is -2.21. The Morgan fingerprint density at radius 2 is 1.70 bits per heavy atom. The van der Waals surface area contributed by atoms with Crippen molar-refractivity contribution in [3.05, 3.63) is 28.1 Å². The van der Waals surface area contributed by atoms with Gasteiger partial charge in [-0.3, -0.25) is 4.79 Å². The van der Waals surface area contributed by atoms with E-state index in [9.17, 15) is 4.79 Å². The molecule has 2 heterocycles. The van der Waals surface area contributed by atoms with E-state index in [1.165, 1.54) is 25.9 Å². The van der Waals surface area contributed by atoms with E-state index >= 15 is 0 Å². The van der Waals surface area contributed by atoms with Crippen LogP contribution in [0, 0.1) is 0 Å². The summed E-state index contributed by atoms with van der Waals surface area (Å²) in [5, 5.41) is 1.35. The summed E-state index contributed by atoms with van der Waals surface area (Å²) in [5.74, 6) is 0. The highest BCUT2D eigenvalue weighted by Crippen LogP contribution is 2.56. The van der Waals surface area contributed by atoms with E-state index in [-0.39, 0.29) is 5.41 Å². The van der Waals surface area contributed by atoms with Gasteiger partial charge in [-0.25, -0.2) is 0 Å². The van der Waals surface area contributed by atoms with Crippen molar-refractivity contribution in [2.24, 2.45) is 0 Å². The number of anilines is 1. The van der Waals surface area contributed by atoms with Gasteiger partial charge >= 0.3 is 0 Å². The maximum atomic E-state index is 11.0. The van der Waals surface area contributed by atoms with Crippen molar-refractivity contribution >= 4 is 34.0 Å². The van der Waals surface area contributed by atoms with Crippen LogP contribution in [-0.2, 0) is 5.41 Å². The fraction of sp³-hybridized carbons (Fsp3) is 0.438. The predicted octanol–water partition coefficient (Wildman–Crippen LogP) is 4.77. The van der Waals surface area contributed by atoms with Crippen molar-refractivity contribution in [2.75, 3.05) is 18.0 Å². The second kappa shape index (κ2) is 4.71. The maximum absolute atomic E-state index is 11.0. The van der Waals surface area contributed by atoms with Gasteiger partial charge < -0.3 is 4.90 Å². The molecule has 0 radical (unpaired) electrons. The van der Waals surface area contributed by atoms with Crippen molar-refractivity contribution in [3.63, 3.8) is 0 Å². The second-order valence-corrected chi connectivity index (χ2v) is 7.75. The Morgan fingerprint density at radius 1 is 1.10 bits per heavy atom. The number of fused-ring (bicyclic) bond motifs is 3. The first-order valence-corrected chi connectivity index (χ1v) is 8.65. The number of hydrogen-bond acceptors (Lipinski definition) is 4. The van der Waals surface area contributed by atoms with Crippen LogP contribution in [0.15, 0.2) is 12.1 Å². The van der Waals surface area contributed by atoms with Gasteiger partial charge in [-0.05, 0) is 37.1 Å². The molecule has 20 heavy (non-hydrogen) atoms. The third kappa shape index (κ3) is 1.78. The molecule has 2 nitrogen and oxygen atoms in total. The highest BCUT2D eigenvalue weighted by Gasteiger charge is 2.39. The lowest BCUT2D eigenvalue weighted by molar-refractivity contribution is 0.112. The first kappa shape index (κ1) is 13.8. The smallest absolute Gasteiger partial charge is 0.160 e. The van der Waals surface area contributed by atoms with Gasteiger partial charge in [0.05, 0.1) is 14.8 Å². The van der Waals surface area contributed by atoms with Gasteiger partial charge in [0.25, 0.3) is 0 Å². The normalized spacial score (nSPS) is 15.0. The van der Waals surface area contributed by atoms with Crippen LogP contribution in [0.4, 0.5) is 5.00 Å². The van der Waals surface area contributed by atoms with Crippen LogP contribution in [0.25, 0.3) is 9.75 Å². The minimum absolute atomic E-state index is 0.0182. The summed E-state index contributed by atoms with van der Waals surface area (Å²) < 4.78 is 0. The number of thiophene rings is 2. The Bertz CT molecular complexity index is 662. The molecule has 0 saturated heterocycles. The molecule has 106 valence electrons. The molecule has 0 unspecified atom stereocenters. The summed E-state index contributed by atoms with van der Waals surface area (Å²) in [5.41, 5.74) is 2.75. The van der Waals surface area contributed by atoms with Crippen molar-refractivity contribution in [1.29, 1.82) is 0 Å². The van der Waals surface area contributed by atoms with Crippen molar-refractivity contribution < 1.29 is 4.79 Å². The molecule has 0 amide bonds. The topological polar surface area (TPSA) is 20.3 Å². The zero-order valence-corrected chi connectivity index (χ0v) is 14.0. The third-order valence-corrected chi connectivity index (χ3v) is 6.63. The summed E-state index contributed by atoms with van der Waals surface area (Å²) in [6.45, 7) is 11.0. The number of aldehydes is 1. The Hall–Kier alpha value is -1.13. The highest BCUT2D eigenvalue weighted by atomic mass is 32.1. The van der Waals surface area contributed by atoms with Crippen LogP contribution in [-0.4, -0.2) is 19.4 Å². The minimum Gasteiger partial charge on any atom is -0.364 e. The van der Waals surface area contributed by atoms with Gasteiger partial charge in [-0.1, -0.05) is 13.8 Å². The fourth-order valence-electron chi connectivity index (χ4n) is 2.95. The molecule has 4 heteroatoms. The Labute approximate surface area is 128 Å². The summed E-state index contributed by atoms with van der Waals surface area (Å²) in [6.07, 6.45) is 0.970. The molecule has 2 aromatic rings. The van der Waals surface area contributed by atoms with Gasteiger partial charge in [0.1, 0.15) is 0 Å². The Kier molecular flexibility index (Phi) is 3.26. The summed E-state index contributed by atoms with van der Waals surface area (Å²) >= 11 is 3.50. The average molecular weight is 305 g/mol. The van der Waals surface area contributed by atoms with Crippen LogP contribution in [0.2, 0.25) is 0 Å². The molecule has 0 atom stereocenters. The van der Waals surface area contributed by atoms with Gasteiger partial charge in [-0.2, -0.15) is 0 Å². The molecular weight excluding hydrogens is 286 g/mol. The van der Waals surface area contributed by atoms with Crippen LogP contribution in [0.1, 0.15) is 48.5 Å². The van der Waals surface area contributed by atoms with Crippen LogP contribution >= 0.6 is 22.7 Å². The molecule has 0 saturated carbocycles. The van der Waals surface area contributed by atoms with E-state index in [0.29, 0.717) is 0 Å². The third-order valence-electron chi connectivity index (χ3n) is 4.21. The molecule has 3 rings (SSSR count). The molecule has 0 fully saturated rings. The second-order valence-electron chi connectivity index (χ2n) is 5.63. The van der Waals surface area contributed by atoms with Crippen LogP contribution in [0.3, 0.4) is 0 Å². The number of carbonyl (C=O) groups excluding carboxylic acids is 1. The van der Waals surface area contributed by atoms with Crippen molar-refractivity contribution in [3.8, 4) is 9.75 Å². The number of nitrogens with zero attached hydrogens (tertiary/aromatic N) is 1. The molecule has 0 bridgehead atoms. The zero-order valence-electron chi connectivity index (χ0n) is 12.3. The lowest BCUT2D eigenvalue weighted by atomic mass is 9.84. The molecule has 0 spiro atoms. The lowest BCUT2D eigenvalue weighted by Crippen LogP contribution is -2.21. The summed E-state index contributed by atoms with van der Waals surface area (Å²) in [4.78, 5) is 16.9. The molecule has 1 aliphatic rings. The molecule has 0 aliphatic heterocycles. The van der Waals surface area contributed by atoms with Gasteiger partial charge in [-0.15, -0.1) is 22.7 Å². The van der Waals surface area contributed by atoms with E-state index in [0.717, 1.165) is 24.3 Å². The standard InChI is InChI=1S/C16H19NOS2/c1-5-17(6-2)13-8-12-15(20-13)14-11(16(12,3)4)7-10(9-18)19-14/h7-9H,5-6H2,1-4H3. The van der Waals surface area contributed by atoms with Crippen LogP contribution < -0.4 is 4.90 Å². The average Bonchev–Trinajstić information content (AvgIpc) is 3.07. The van der Waals surface area contributed by atoms with Crippen LogP contribution in [0.5, 0.6) is 0 Å². The Morgan fingerprint density at radius 3 is 2.30 bits per heavy atom. The van der Waals surface area contributed by atoms with E-state index < -0.39 is 0 Å². The van der Waals surface area contributed by atoms with E-state index in [2.05, 4.69) is 44.7 Å². The quantitative estimate of drug-likeness (QED) is 0.758. The Balaban J connectivity index is 2.15. The summed E-state index contributed by atoms with van der Waals surface area (Å²) in [7, 11) is 0. The molecule has 1 aliphatic carbocycles. The van der Waals surface area contributed by atoms with Crippen molar-refractivity contribution in [1.82, 2.24) is 0 Å². The first-order chi connectivity index (χ1) is 9.52. The largest absolute Gasteiger partial charge is 0.364 e. The molecule has 0 aromatic carbocycles.